The van der Waals surface area contributed by atoms with E-state index in [1.807, 2.05) is 13.8 Å². The molecule has 100 valence electrons. The number of hydrogen-bond donors (Lipinski definition) is 1. The Hall–Kier alpha value is -1.75. The number of carboxylic acid groups (broad SMARTS) is 1. The SMILES string of the molecule is COc1cccc(C(=O)O)c1OCCOC(C)C. The van der Waals surface area contributed by atoms with Gasteiger partial charge in [-0.25, -0.2) is 4.79 Å². The highest BCUT2D eigenvalue weighted by molar-refractivity contribution is 5.92. The van der Waals surface area contributed by atoms with Crippen LogP contribution in [0.15, 0.2) is 18.2 Å². The Morgan fingerprint density at radius 1 is 1.33 bits per heavy atom. The first-order valence-electron chi connectivity index (χ1n) is 5.71. The standard InChI is InChI=1S/C13H18O5/c1-9(2)17-7-8-18-12-10(13(14)15)5-4-6-11(12)16-3/h4-6,9H,7-8H2,1-3H3,(H,14,15). The van der Waals surface area contributed by atoms with Crippen molar-refractivity contribution in [1.82, 2.24) is 0 Å². The van der Waals surface area contributed by atoms with E-state index in [4.69, 9.17) is 19.3 Å². The van der Waals surface area contributed by atoms with Gasteiger partial charge in [-0.15, -0.1) is 0 Å². The number of carbonyl (C=O) groups is 1. The average molecular weight is 254 g/mol. The minimum atomic E-state index is -1.05. The molecule has 1 rings (SSSR count). The molecule has 0 bridgehead atoms. The fourth-order valence-corrected chi connectivity index (χ4v) is 1.42. The van der Waals surface area contributed by atoms with Crippen LogP contribution in [0.4, 0.5) is 0 Å². The fraction of sp³-hybridized carbons (Fsp3) is 0.462. The van der Waals surface area contributed by atoms with Crippen LogP contribution in [-0.2, 0) is 4.74 Å². The zero-order valence-electron chi connectivity index (χ0n) is 10.8. The third kappa shape index (κ3) is 3.92. The van der Waals surface area contributed by atoms with Crippen molar-refractivity contribution in [2.75, 3.05) is 20.3 Å². The Kier molecular flexibility index (Phi) is 5.45. The van der Waals surface area contributed by atoms with E-state index in [1.54, 1.807) is 12.1 Å². The van der Waals surface area contributed by atoms with Crippen LogP contribution in [0.3, 0.4) is 0 Å². The largest absolute Gasteiger partial charge is 0.493 e. The lowest BCUT2D eigenvalue weighted by molar-refractivity contribution is 0.0532. The highest BCUT2D eigenvalue weighted by atomic mass is 16.5. The molecular weight excluding hydrogens is 236 g/mol. The third-order valence-electron chi connectivity index (χ3n) is 2.21. The molecule has 0 unspecified atom stereocenters. The van der Waals surface area contributed by atoms with Gasteiger partial charge < -0.3 is 19.3 Å². The van der Waals surface area contributed by atoms with Crippen LogP contribution < -0.4 is 9.47 Å². The molecule has 0 heterocycles. The van der Waals surface area contributed by atoms with Crippen LogP contribution in [0.25, 0.3) is 0 Å². The summed E-state index contributed by atoms with van der Waals surface area (Å²) in [6.45, 7) is 4.52. The number of methoxy groups -OCH3 is 1. The highest BCUT2D eigenvalue weighted by Gasteiger charge is 2.15. The van der Waals surface area contributed by atoms with Crippen molar-refractivity contribution >= 4 is 5.97 Å². The van der Waals surface area contributed by atoms with Crippen LogP contribution in [0.2, 0.25) is 0 Å². The summed E-state index contributed by atoms with van der Waals surface area (Å²) in [6, 6.07) is 4.74. The maximum Gasteiger partial charge on any atom is 0.339 e. The van der Waals surface area contributed by atoms with E-state index in [1.165, 1.54) is 13.2 Å². The number of rotatable bonds is 7. The molecule has 1 aromatic rings. The lowest BCUT2D eigenvalue weighted by atomic mass is 10.2. The molecule has 0 atom stereocenters. The second-order valence-electron chi connectivity index (χ2n) is 3.91. The predicted molar refractivity (Wildman–Crippen MR) is 66.5 cm³/mol. The average Bonchev–Trinajstić information content (AvgIpc) is 2.33. The molecule has 1 aromatic carbocycles. The lowest BCUT2D eigenvalue weighted by Gasteiger charge is -2.13. The van der Waals surface area contributed by atoms with E-state index in [9.17, 15) is 4.79 Å². The van der Waals surface area contributed by atoms with Gasteiger partial charge in [0.2, 0.25) is 0 Å². The van der Waals surface area contributed by atoms with Gasteiger partial charge in [-0.1, -0.05) is 6.07 Å². The van der Waals surface area contributed by atoms with Crippen molar-refractivity contribution in [3.8, 4) is 11.5 Å². The molecule has 0 aliphatic carbocycles. The molecule has 0 saturated carbocycles. The van der Waals surface area contributed by atoms with Crippen molar-refractivity contribution < 1.29 is 24.1 Å². The van der Waals surface area contributed by atoms with Gasteiger partial charge in [0.05, 0.1) is 19.8 Å². The Bertz CT molecular complexity index is 400. The van der Waals surface area contributed by atoms with Crippen LogP contribution >= 0.6 is 0 Å². The Morgan fingerprint density at radius 3 is 2.61 bits per heavy atom. The first-order valence-corrected chi connectivity index (χ1v) is 5.71. The number of carboxylic acids is 1. The fourth-order valence-electron chi connectivity index (χ4n) is 1.42. The summed E-state index contributed by atoms with van der Waals surface area (Å²) in [6.07, 6.45) is 0.116. The second-order valence-corrected chi connectivity index (χ2v) is 3.91. The quantitative estimate of drug-likeness (QED) is 0.756. The number of aromatic carboxylic acids is 1. The van der Waals surface area contributed by atoms with Crippen molar-refractivity contribution in [3.05, 3.63) is 23.8 Å². The molecule has 0 aromatic heterocycles. The van der Waals surface area contributed by atoms with E-state index < -0.39 is 5.97 Å². The number of para-hydroxylation sites is 1. The van der Waals surface area contributed by atoms with Gasteiger partial charge in [0.25, 0.3) is 0 Å². The Balaban J connectivity index is 2.75. The van der Waals surface area contributed by atoms with Crippen LogP contribution in [0, 0.1) is 0 Å². The summed E-state index contributed by atoms with van der Waals surface area (Å²) in [5.41, 5.74) is 0.0823. The van der Waals surface area contributed by atoms with E-state index in [0.717, 1.165) is 0 Å². The maximum atomic E-state index is 11.1. The topological polar surface area (TPSA) is 65.0 Å². The molecule has 0 amide bonds. The smallest absolute Gasteiger partial charge is 0.339 e. The first kappa shape index (κ1) is 14.3. The zero-order chi connectivity index (χ0) is 13.5. The second kappa shape index (κ2) is 6.86. The normalized spacial score (nSPS) is 10.4. The molecule has 0 fully saturated rings. The molecule has 0 radical (unpaired) electrons. The van der Waals surface area contributed by atoms with Crippen molar-refractivity contribution in [1.29, 1.82) is 0 Å². The minimum Gasteiger partial charge on any atom is -0.493 e. The summed E-state index contributed by atoms with van der Waals surface area (Å²) < 4.78 is 15.8. The van der Waals surface area contributed by atoms with Gasteiger partial charge in [0.15, 0.2) is 11.5 Å². The molecule has 0 saturated heterocycles. The molecule has 1 N–H and O–H groups in total. The summed E-state index contributed by atoms with van der Waals surface area (Å²) in [5, 5.41) is 9.06. The Morgan fingerprint density at radius 2 is 2.06 bits per heavy atom. The molecule has 0 aliphatic heterocycles. The monoisotopic (exact) mass is 254 g/mol. The summed E-state index contributed by atoms with van der Waals surface area (Å²) >= 11 is 0. The zero-order valence-corrected chi connectivity index (χ0v) is 10.8. The number of benzene rings is 1. The van der Waals surface area contributed by atoms with Gasteiger partial charge >= 0.3 is 5.97 Å². The highest BCUT2D eigenvalue weighted by Crippen LogP contribution is 2.30. The van der Waals surface area contributed by atoms with Crippen molar-refractivity contribution in [2.24, 2.45) is 0 Å². The van der Waals surface area contributed by atoms with Gasteiger partial charge in [0, 0.05) is 0 Å². The minimum absolute atomic E-state index is 0.0823. The summed E-state index contributed by atoms with van der Waals surface area (Å²) in [7, 11) is 1.47. The van der Waals surface area contributed by atoms with E-state index >= 15 is 0 Å². The third-order valence-corrected chi connectivity index (χ3v) is 2.21. The molecule has 0 spiro atoms. The van der Waals surface area contributed by atoms with E-state index in [0.29, 0.717) is 12.4 Å². The lowest BCUT2D eigenvalue weighted by Crippen LogP contribution is -2.13. The summed E-state index contributed by atoms with van der Waals surface area (Å²) in [5.74, 6) is -0.409. The predicted octanol–water partition coefficient (Wildman–Crippen LogP) is 2.20. The van der Waals surface area contributed by atoms with Crippen LogP contribution in [0.5, 0.6) is 11.5 Å². The van der Waals surface area contributed by atoms with Gasteiger partial charge in [-0.05, 0) is 26.0 Å². The number of ether oxygens (including phenoxy) is 3. The van der Waals surface area contributed by atoms with E-state index in [-0.39, 0.29) is 24.0 Å². The van der Waals surface area contributed by atoms with Gasteiger partial charge in [0.1, 0.15) is 12.2 Å². The van der Waals surface area contributed by atoms with Crippen LogP contribution in [-0.4, -0.2) is 37.5 Å². The number of hydrogen-bond acceptors (Lipinski definition) is 4. The molecule has 5 nitrogen and oxygen atoms in total. The van der Waals surface area contributed by atoms with Crippen molar-refractivity contribution in [2.45, 2.75) is 20.0 Å². The molecular formula is C13H18O5. The Labute approximate surface area is 106 Å². The first-order chi connectivity index (χ1) is 8.56. The van der Waals surface area contributed by atoms with E-state index in [2.05, 4.69) is 0 Å². The molecule has 5 heteroatoms. The summed E-state index contributed by atoms with van der Waals surface area (Å²) in [4.78, 5) is 11.1. The van der Waals surface area contributed by atoms with Crippen molar-refractivity contribution in [3.63, 3.8) is 0 Å². The molecule has 0 aliphatic rings. The van der Waals surface area contributed by atoms with Crippen LogP contribution in [0.1, 0.15) is 24.2 Å². The van der Waals surface area contributed by atoms with Gasteiger partial charge in [-0.2, -0.15) is 0 Å². The van der Waals surface area contributed by atoms with Gasteiger partial charge in [-0.3, -0.25) is 0 Å². The molecule has 18 heavy (non-hydrogen) atoms. The maximum absolute atomic E-state index is 11.1.